The number of hydrogen-bond donors (Lipinski definition) is 1. The van der Waals surface area contributed by atoms with Crippen LogP contribution in [-0.4, -0.2) is 16.5 Å². The lowest BCUT2D eigenvalue weighted by Gasteiger charge is -2.09. The summed E-state index contributed by atoms with van der Waals surface area (Å²) in [4.78, 5) is 8.75. The summed E-state index contributed by atoms with van der Waals surface area (Å²) >= 11 is 5.95. The first-order valence-corrected chi connectivity index (χ1v) is 7.08. The van der Waals surface area contributed by atoms with Gasteiger partial charge in [0.25, 0.3) is 0 Å². The van der Waals surface area contributed by atoms with E-state index >= 15 is 0 Å². The van der Waals surface area contributed by atoms with Gasteiger partial charge in [-0.2, -0.15) is 4.98 Å². The molecular formula is C15H18ClN3O. The van der Waals surface area contributed by atoms with E-state index in [1.165, 1.54) is 0 Å². The second kappa shape index (κ2) is 7.10. The number of nitrogens with one attached hydrogen (secondary N) is 1. The van der Waals surface area contributed by atoms with E-state index < -0.39 is 0 Å². The second-order valence-corrected chi connectivity index (χ2v) is 4.75. The van der Waals surface area contributed by atoms with Crippen LogP contribution < -0.4 is 10.1 Å². The Morgan fingerprint density at radius 3 is 2.75 bits per heavy atom. The maximum Gasteiger partial charge on any atom is 0.219 e. The van der Waals surface area contributed by atoms with Gasteiger partial charge in [0.1, 0.15) is 18.2 Å². The fourth-order valence-corrected chi connectivity index (χ4v) is 1.97. The summed E-state index contributed by atoms with van der Waals surface area (Å²) in [7, 11) is 0. The van der Waals surface area contributed by atoms with Crippen LogP contribution in [0.3, 0.4) is 0 Å². The number of aromatic nitrogens is 2. The zero-order valence-corrected chi connectivity index (χ0v) is 12.4. The molecule has 0 unspecified atom stereocenters. The fourth-order valence-electron chi connectivity index (χ4n) is 1.76. The average molecular weight is 292 g/mol. The molecule has 106 valence electrons. The largest absolute Gasteiger partial charge is 0.473 e. The van der Waals surface area contributed by atoms with E-state index in [9.17, 15) is 0 Å². The molecule has 1 aromatic heterocycles. The number of nitrogens with zero attached hydrogens (tertiary/aromatic N) is 2. The van der Waals surface area contributed by atoms with Crippen LogP contribution in [0.5, 0.6) is 5.88 Å². The lowest BCUT2D eigenvalue weighted by molar-refractivity contribution is 0.292. The predicted molar refractivity (Wildman–Crippen MR) is 81.4 cm³/mol. The number of hydrogen-bond acceptors (Lipinski definition) is 4. The van der Waals surface area contributed by atoms with E-state index in [1.807, 2.05) is 44.2 Å². The molecule has 0 aliphatic heterocycles. The van der Waals surface area contributed by atoms with Crippen molar-refractivity contribution in [2.24, 2.45) is 0 Å². The van der Waals surface area contributed by atoms with E-state index in [-0.39, 0.29) is 0 Å². The van der Waals surface area contributed by atoms with Gasteiger partial charge in [-0.3, -0.25) is 0 Å². The molecule has 1 aromatic carbocycles. The zero-order chi connectivity index (χ0) is 14.4. The summed E-state index contributed by atoms with van der Waals surface area (Å²) in [5, 5.41) is 3.88. The Hall–Kier alpha value is -1.81. The summed E-state index contributed by atoms with van der Waals surface area (Å²) in [6.07, 6.45) is 0.771. The summed E-state index contributed by atoms with van der Waals surface area (Å²) < 4.78 is 5.73. The quantitative estimate of drug-likeness (QED) is 0.881. The average Bonchev–Trinajstić information content (AvgIpc) is 2.45. The van der Waals surface area contributed by atoms with Gasteiger partial charge in [-0.25, -0.2) is 4.98 Å². The van der Waals surface area contributed by atoms with Crippen molar-refractivity contribution in [2.75, 3.05) is 11.9 Å². The zero-order valence-electron chi connectivity index (χ0n) is 11.7. The lowest BCUT2D eigenvalue weighted by Crippen LogP contribution is -2.05. The molecule has 2 aromatic rings. The molecular weight excluding hydrogens is 274 g/mol. The molecule has 0 fully saturated rings. The molecule has 0 aliphatic carbocycles. The van der Waals surface area contributed by atoms with E-state index in [0.29, 0.717) is 17.5 Å². The van der Waals surface area contributed by atoms with E-state index in [0.717, 1.165) is 30.2 Å². The van der Waals surface area contributed by atoms with E-state index in [1.54, 1.807) is 0 Å². The van der Waals surface area contributed by atoms with Gasteiger partial charge < -0.3 is 10.1 Å². The van der Waals surface area contributed by atoms with Crippen LogP contribution in [0.2, 0.25) is 5.02 Å². The predicted octanol–water partition coefficient (Wildman–Crippen LogP) is 3.70. The van der Waals surface area contributed by atoms with Crippen LogP contribution in [-0.2, 0) is 13.0 Å². The Morgan fingerprint density at radius 2 is 2.05 bits per heavy atom. The van der Waals surface area contributed by atoms with E-state index in [2.05, 4.69) is 15.3 Å². The Morgan fingerprint density at radius 1 is 1.20 bits per heavy atom. The number of benzene rings is 1. The molecule has 0 amide bonds. The number of anilines is 1. The first-order chi connectivity index (χ1) is 9.71. The monoisotopic (exact) mass is 291 g/mol. The first-order valence-electron chi connectivity index (χ1n) is 6.70. The van der Waals surface area contributed by atoms with Crippen molar-refractivity contribution in [3.8, 4) is 5.88 Å². The number of ether oxygens (including phenoxy) is 1. The van der Waals surface area contributed by atoms with Gasteiger partial charge in [0.15, 0.2) is 0 Å². The summed E-state index contributed by atoms with van der Waals surface area (Å²) in [5.41, 5.74) is 1.01. The highest BCUT2D eigenvalue weighted by Gasteiger charge is 2.04. The molecule has 1 N–H and O–H groups in total. The number of halogens is 1. The SMILES string of the molecule is CCNc1cc(OCc2cccc(Cl)c2)nc(CC)n1. The van der Waals surface area contributed by atoms with Gasteiger partial charge in [0.05, 0.1) is 0 Å². The first kappa shape index (κ1) is 14.6. The maximum atomic E-state index is 5.95. The van der Waals surface area contributed by atoms with Crippen LogP contribution >= 0.6 is 11.6 Å². The van der Waals surface area contributed by atoms with Gasteiger partial charge >= 0.3 is 0 Å². The van der Waals surface area contributed by atoms with Crippen molar-refractivity contribution in [1.29, 1.82) is 0 Å². The smallest absolute Gasteiger partial charge is 0.219 e. The van der Waals surface area contributed by atoms with Gasteiger partial charge in [-0.05, 0) is 24.6 Å². The third-order valence-corrected chi connectivity index (χ3v) is 2.93. The second-order valence-electron chi connectivity index (χ2n) is 4.31. The fraction of sp³-hybridized carbons (Fsp3) is 0.333. The van der Waals surface area contributed by atoms with Crippen molar-refractivity contribution >= 4 is 17.4 Å². The summed E-state index contributed by atoms with van der Waals surface area (Å²) in [5.74, 6) is 2.14. The maximum absolute atomic E-state index is 5.95. The van der Waals surface area contributed by atoms with Crippen molar-refractivity contribution < 1.29 is 4.74 Å². The molecule has 0 bridgehead atoms. The third kappa shape index (κ3) is 4.10. The number of rotatable bonds is 6. The van der Waals surface area contributed by atoms with Crippen LogP contribution in [0, 0.1) is 0 Å². The molecule has 5 heteroatoms. The van der Waals surface area contributed by atoms with Crippen LogP contribution in [0.25, 0.3) is 0 Å². The van der Waals surface area contributed by atoms with Crippen LogP contribution in [0.15, 0.2) is 30.3 Å². The Kier molecular flexibility index (Phi) is 5.18. The highest BCUT2D eigenvalue weighted by molar-refractivity contribution is 6.30. The minimum absolute atomic E-state index is 0.437. The topological polar surface area (TPSA) is 47.0 Å². The number of aryl methyl sites for hydroxylation is 1. The summed E-state index contributed by atoms with van der Waals surface area (Å²) in [6, 6.07) is 9.41. The van der Waals surface area contributed by atoms with Crippen molar-refractivity contribution in [3.63, 3.8) is 0 Å². The summed E-state index contributed by atoms with van der Waals surface area (Å²) in [6.45, 7) is 5.30. The van der Waals surface area contributed by atoms with Crippen LogP contribution in [0.4, 0.5) is 5.82 Å². The van der Waals surface area contributed by atoms with Crippen molar-refractivity contribution in [1.82, 2.24) is 9.97 Å². The van der Waals surface area contributed by atoms with Crippen molar-refractivity contribution in [2.45, 2.75) is 26.9 Å². The van der Waals surface area contributed by atoms with Crippen molar-refractivity contribution in [3.05, 3.63) is 46.7 Å². The Balaban J connectivity index is 2.10. The molecule has 4 nitrogen and oxygen atoms in total. The molecule has 0 aliphatic rings. The van der Waals surface area contributed by atoms with Gasteiger partial charge in [-0.15, -0.1) is 0 Å². The molecule has 0 saturated heterocycles. The molecule has 20 heavy (non-hydrogen) atoms. The van der Waals surface area contributed by atoms with Gasteiger partial charge in [0, 0.05) is 24.1 Å². The molecule has 0 atom stereocenters. The molecule has 1 heterocycles. The molecule has 0 saturated carbocycles. The highest BCUT2D eigenvalue weighted by Crippen LogP contribution is 2.17. The molecule has 0 spiro atoms. The molecule has 0 radical (unpaired) electrons. The minimum atomic E-state index is 0.437. The minimum Gasteiger partial charge on any atom is -0.473 e. The Labute approximate surface area is 124 Å². The third-order valence-electron chi connectivity index (χ3n) is 2.70. The molecule has 2 rings (SSSR count). The lowest BCUT2D eigenvalue weighted by atomic mass is 10.2. The van der Waals surface area contributed by atoms with E-state index in [4.69, 9.17) is 16.3 Å². The van der Waals surface area contributed by atoms with Gasteiger partial charge in [-0.1, -0.05) is 30.7 Å². The standard InChI is InChI=1S/C15H18ClN3O/c1-3-13-18-14(17-4-2)9-15(19-13)20-10-11-6-5-7-12(16)8-11/h5-9H,3-4,10H2,1-2H3,(H,17,18,19). The van der Waals surface area contributed by atoms with Crippen LogP contribution in [0.1, 0.15) is 25.2 Å². The normalized spacial score (nSPS) is 10.3. The highest BCUT2D eigenvalue weighted by atomic mass is 35.5. The Bertz CT molecular complexity index is 575. The van der Waals surface area contributed by atoms with Gasteiger partial charge in [0.2, 0.25) is 5.88 Å².